The van der Waals surface area contributed by atoms with Gasteiger partial charge in [-0.25, -0.2) is 9.97 Å². The van der Waals surface area contributed by atoms with Gasteiger partial charge in [0, 0.05) is 29.5 Å². The van der Waals surface area contributed by atoms with Crippen molar-refractivity contribution in [2.45, 2.75) is 34.2 Å². The number of rotatable bonds is 6. The molecule has 0 saturated carbocycles. The standard InChI is InChI=1S/C19H25BrN6/c1-5-24(6-2)9-10-25-12-23-19-17(18(25)21)13(3)14(4)26(19)16-8-7-15(20)11-22-16/h7-8,11-12,21H,5-6,9-10H2,1-4H3. The molecule has 0 aliphatic carbocycles. The van der Waals surface area contributed by atoms with E-state index in [1.807, 2.05) is 21.3 Å². The van der Waals surface area contributed by atoms with Crippen LogP contribution in [0.5, 0.6) is 0 Å². The van der Waals surface area contributed by atoms with Crippen molar-refractivity contribution in [1.29, 1.82) is 5.41 Å². The van der Waals surface area contributed by atoms with Gasteiger partial charge in [0.05, 0.1) is 11.7 Å². The van der Waals surface area contributed by atoms with Gasteiger partial charge in [0.15, 0.2) is 5.65 Å². The average Bonchev–Trinajstić information content (AvgIpc) is 2.90. The van der Waals surface area contributed by atoms with E-state index in [1.54, 1.807) is 12.5 Å². The lowest BCUT2D eigenvalue weighted by Crippen LogP contribution is -2.31. The number of halogens is 1. The fraction of sp³-hybridized carbons (Fsp3) is 0.421. The zero-order valence-corrected chi connectivity index (χ0v) is 17.3. The van der Waals surface area contributed by atoms with Crippen LogP contribution in [0.15, 0.2) is 29.1 Å². The summed E-state index contributed by atoms with van der Waals surface area (Å²) in [6.45, 7) is 12.2. The third-order valence-electron chi connectivity index (χ3n) is 5.02. The van der Waals surface area contributed by atoms with Crippen molar-refractivity contribution < 1.29 is 0 Å². The predicted molar refractivity (Wildman–Crippen MR) is 108 cm³/mol. The third-order valence-corrected chi connectivity index (χ3v) is 5.49. The Kier molecular flexibility index (Phi) is 5.58. The first-order valence-electron chi connectivity index (χ1n) is 8.93. The second-order valence-corrected chi connectivity index (χ2v) is 7.31. The Balaban J connectivity index is 2.08. The summed E-state index contributed by atoms with van der Waals surface area (Å²) in [6.07, 6.45) is 3.56. The molecule has 0 bridgehead atoms. The molecule has 0 aromatic carbocycles. The molecule has 0 aliphatic heterocycles. The van der Waals surface area contributed by atoms with Crippen molar-refractivity contribution in [3.05, 3.63) is 45.9 Å². The monoisotopic (exact) mass is 416 g/mol. The van der Waals surface area contributed by atoms with Crippen LogP contribution in [-0.4, -0.2) is 43.6 Å². The zero-order valence-electron chi connectivity index (χ0n) is 15.8. The molecule has 0 amide bonds. The summed E-state index contributed by atoms with van der Waals surface area (Å²) in [5, 5.41) is 9.61. The van der Waals surface area contributed by atoms with E-state index in [1.165, 1.54) is 0 Å². The average molecular weight is 417 g/mol. The minimum atomic E-state index is 0.513. The first kappa shape index (κ1) is 18.8. The van der Waals surface area contributed by atoms with Crippen LogP contribution in [0.1, 0.15) is 25.1 Å². The number of fused-ring (bicyclic) bond motifs is 1. The minimum absolute atomic E-state index is 0.513. The Labute approximate surface area is 162 Å². The molecular formula is C19H25BrN6. The van der Waals surface area contributed by atoms with E-state index in [4.69, 9.17) is 5.41 Å². The van der Waals surface area contributed by atoms with Crippen molar-refractivity contribution in [3.63, 3.8) is 0 Å². The molecule has 0 saturated heterocycles. The summed E-state index contributed by atoms with van der Waals surface area (Å²) in [6, 6.07) is 3.93. The molecule has 0 radical (unpaired) electrons. The van der Waals surface area contributed by atoms with E-state index in [0.29, 0.717) is 5.49 Å². The molecule has 7 heteroatoms. The molecule has 0 aliphatic rings. The number of aromatic nitrogens is 4. The lowest BCUT2D eigenvalue weighted by Gasteiger charge is -2.18. The highest BCUT2D eigenvalue weighted by Gasteiger charge is 2.17. The van der Waals surface area contributed by atoms with E-state index in [0.717, 1.165) is 58.8 Å². The van der Waals surface area contributed by atoms with Crippen LogP contribution in [-0.2, 0) is 6.54 Å². The maximum Gasteiger partial charge on any atom is 0.151 e. The lowest BCUT2D eigenvalue weighted by molar-refractivity contribution is 0.288. The Morgan fingerprint density at radius 2 is 1.88 bits per heavy atom. The number of hydrogen-bond acceptors (Lipinski definition) is 4. The van der Waals surface area contributed by atoms with Crippen molar-refractivity contribution in [2.24, 2.45) is 0 Å². The molecule has 1 N–H and O–H groups in total. The fourth-order valence-corrected chi connectivity index (χ4v) is 3.49. The molecule has 3 aromatic heterocycles. The van der Waals surface area contributed by atoms with Gasteiger partial charge in [-0.3, -0.25) is 9.98 Å². The van der Waals surface area contributed by atoms with Gasteiger partial charge in [-0.2, -0.15) is 0 Å². The zero-order chi connectivity index (χ0) is 18.8. The Morgan fingerprint density at radius 3 is 2.50 bits per heavy atom. The Bertz CT molecular complexity index is 966. The van der Waals surface area contributed by atoms with Crippen molar-refractivity contribution in [2.75, 3.05) is 19.6 Å². The molecule has 0 unspecified atom stereocenters. The highest BCUT2D eigenvalue weighted by molar-refractivity contribution is 9.10. The van der Waals surface area contributed by atoms with E-state index in [9.17, 15) is 0 Å². The second kappa shape index (κ2) is 7.72. The summed E-state index contributed by atoms with van der Waals surface area (Å²) >= 11 is 3.43. The minimum Gasteiger partial charge on any atom is -0.316 e. The molecule has 3 aromatic rings. The molecule has 0 spiro atoms. The molecule has 26 heavy (non-hydrogen) atoms. The normalized spacial score (nSPS) is 11.6. The molecule has 6 nitrogen and oxygen atoms in total. The maximum absolute atomic E-state index is 8.71. The van der Waals surface area contributed by atoms with Gasteiger partial charge in [-0.1, -0.05) is 13.8 Å². The SMILES string of the molecule is CCN(CC)CCn1cnc2c(c(C)c(C)n2-c2ccc(Br)cn2)c1=N. The number of pyridine rings is 1. The van der Waals surface area contributed by atoms with Gasteiger partial charge in [0.1, 0.15) is 11.3 Å². The van der Waals surface area contributed by atoms with Gasteiger partial charge in [0.2, 0.25) is 0 Å². The molecule has 138 valence electrons. The smallest absolute Gasteiger partial charge is 0.151 e. The molecule has 3 rings (SSSR count). The van der Waals surface area contributed by atoms with Crippen LogP contribution in [0.3, 0.4) is 0 Å². The highest BCUT2D eigenvalue weighted by Crippen LogP contribution is 2.24. The Morgan fingerprint density at radius 1 is 1.15 bits per heavy atom. The van der Waals surface area contributed by atoms with Crippen LogP contribution in [0.4, 0.5) is 0 Å². The summed E-state index contributed by atoms with van der Waals surface area (Å²) in [7, 11) is 0. The summed E-state index contributed by atoms with van der Waals surface area (Å²) < 4.78 is 4.91. The van der Waals surface area contributed by atoms with Crippen molar-refractivity contribution in [1.82, 2.24) is 24.0 Å². The van der Waals surface area contributed by atoms with Crippen molar-refractivity contribution >= 4 is 27.0 Å². The lowest BCUT2D eigenvalue weighted by atomic mass is 10.2. The quantitative estimate of drug-likeness (QED) is 0.669. The highest BCUT2D eigenvalue weighted by atomic mass is 79.9. The largest absolute Gasteiger partial charge is 0.316 e. The van der Waals surface area contributed by atoms with Crippen LogP contribution < -0.4 is 5.49 Å². The van der Waals surface area contributed by atoms with Gasteiger partial charge in [-0.05, 0) is 60.6 Å². The predicted octanol–water partition coefficient (Wildman–Crippen LogP) is 3.42. The fourth-order valence-electron chi connectivity index (χ4n) is 3.26. The number of aryl methyl sites for hydroxylation is 1. The van der Waals surface area contributed by atoms with Crippen molar-refractivity contribution in [3.8, 4) is 5.82 Å². The molecule has 3 heterocycles. The molecular weight excluding hydrogens is 392 g/mol. The summed E-state index contributed by atoms with van der Waals surface area (Å²) in [4.78, 5) is 11.5. The van der Waals surface area contributed by atoms with Gasteiger partial charge in [-0.15, -0.1) is 0 Å². The van der Waals surface area contributed by atoms with Gasteiger partial charge >= 0.3 is 0 Å². The summed E-state index contributed by atoms with van der Waals surface area (Å²) in [5.74, 6) is 0.816. The van der Waals surface area contributed by atoms with Gasteiger partial charge < -0.3 is 9.47 Å². The second-order valence-electron chi connectivity index (χ2n) is 6.39. The third kappa shape index (κ3) is 3.33. The first-order chi connectivity index (χ1) is 12.5. The molecule has 0 fully saturated rings. The molecule has 0 atom stereocenters. The number of nitrogens with one attached hydrogen (secondary N) is 1. The van der Waals surface area contributed by atoms with E-state index < -0.39 is 0 Å². The van der Waals surface area contributed by atoms with E-state index >= 15 is 0 Å². The number of hydrogen-bond donors (Lipinski definition) is 1. The van der Waals surface area contributed by atoms with Gasteiger partial charge in [0.25, 0.3) is 0 Å². The van der Waals surface area contributed by atoms with E-state index in [2.05, 4.69) is 58.5 Å². The van der Waals surface area contributed by atoms with Crippen LogP contribution in [0.2, 0.25) is 0 Å². The maximum atomic E-state index is 8.71. The first-order valence-corrected chi connectivity index (χ1v) is 9.73. The Hall–Kier alpha value is -1.99. The van der Waals surface area contributed by atoms with Crippen LogP contribution >= 0.6 is 15.9 Å². The van der Waals surface area contributed by atoms with Crippen LogP contribution in [0, 0.1) is 19.3 Å². The van der Waals surface area contributed by atoms with E-state index in [-0.39, 0.29) is 0 Å². The number of likely N-dealkylation sites (N-methyl/N-ethyl adjacent to an activating group) is 1. The topological polar surface area (TPSA) is 62.7 Å². The van der Waals surface area contributed by atoms with Crippen LogP contribution in [0.25, 0.3) is 16.9 Å². The summed E-state index contributed by atoms with van der Waals surface area (Å²) in [5.41, 5.74) is 3.45. The number of nitrogens with zero attached hydrogens (tertiary/aromatic N) is 5.